The zero-order valence-electron chi connectivity index (χ0n) is 7.86. The van der Waals surface area contributed by atoms with Gasteiger partial charge in [0.2, 0.25) is 0 Å². The Kier molecular flexibility index (Phi) is 2.99. The Balaban J connectivity index is 0.000000845. The van der Waals surface area contributed by atoms with Gasteiger partial charge in [0.25, 0.3) is 0 Å². The second kappa shape index (κ2) is 3.69. The summed E-state index contributed by atoms with van der Waals surface area (Å²) in [6, 6.07) is 10.5. The molecular formula is C11H16ClN. The van der Waals surface area contributed by atoms with E-state index < -0.39 is 0 Å². The summed E-state index contributed by atoms with van der Waals surface area (Å²) in [5.41, 5.74) is 7.60. The van der Waals surface area contributed by atoms with Gasteiger partial charge in [-0.05, 0) is 24.3 Å². The topological polar surface area (TPSA) is 26.0 Å². The standard InChI is InChI=1S/C11H15N.ClH/c1-9-7-11(9,12)8-10-5-3-2-4-6-10;/h2-6,9H,7-8,12H2,1H3;1H. The molecule has 0 spiro atoms. The van der Waals surface area contributed by atoms with Gasteiger partial charge in [0.1, 0.15) is 0 Å². The van der Waals surface area contributed by atoms with Crippen molar-refractivity contribution < 1.29 is 0 Å². The number of hydrogen-bond acceptors (Lipinski definition) is 1. The van der Waals surface area contributed by atoms with Crippen molar-refractivity contribution in [2.24, 2.45) is 11.7 Å². The van der Waals surface area contributed by atoms with Crippen LogP contribution in [-0.2, 0) is 6.42 Å². The van der Waals surface area contributed by atoms with Gasteiger partial charge < -0.3 is 5.73 Å². The lowest BCUT2D eigenvalue weighted by Crippen LogP contribution is -2.27. The molecule has 72 valence electrons. The number of halogens is 1. The summed E-state index contributed by atoms with van der Waals surface area (Å²) in [5.74, 6) is 0.706. The normalized spacial score (nSPS) is 30.8. The molecule has 0 radical (unpaired) electrons. The average molecular weight is 198 g/mol. The van der Waals surface area contributed by atoms with Crippen LogP contribution < -0.4 is 5.73 Å². The first-order valence-electron chi connectivity index (χ1n) is 4.53. The summed E-state index contributed by atoms with van der Waals surface area (Å²) in [4.78, 5) is 0. The quantitative estimate of drug-likeness (QED) is 0.774. The van der Waals surface area contributed by atoms with Gasteiger partial charge in [-0.3, -0.25) is 0 Å². The lowest BCUT2D eigenvalue weighted by atomic mass is 10.0. The number of hydrogen-bond donors (Lipinski definition) is 1. The van der Waals surface area contributed by atoms with Gasteiger partial charge in [-0.1, -0.05) is 37.3 Å². The van der Waals surface area contributed by atoms with Gasteiger partial charge in [0.15, 0.2) is 0 Å². The molecule has 2 atom stereocenters. The molecule has 1 aromatic rings. The highest BCUT2D eigenvalue weighted by atomic mass is 35.5. The largest absolute Gasteiger partial charge is 0.325 e. The maximum absolute atomic E-state index is 6.12. The third-order valence-electron chi connectivity index (χ3n) is 2.88. The maximum atomic E-state index is 6.12. The summed E-state index contributed by atoms with van der Waals surface area (Å²) < 4.78 is 0. The van der Waals surface area contributed by atoms with E-state index in [9.17, 15) is 0 Å². The predicted octanol–water partition coefficient (Wildman–Crippen LogP) is 2.39. The second-order valence-corrected chi connectivity index (χ2v) is 4.00. The lowest BCUT2D eigenvalue weighted by molar-refractivity contribution is 0.615. The maximum Gasteiger partial charge on any atom is 0.0224 e. The third kappa shape index (κ3) is 2.23. The summed E-state index contributed by atoms with van der Waals surface area (Å²) in [6.45, 7) is 2.23. The van der Waals surface area contributed by atoms with Crippen LogP contribution in [0.25, 0.3) is 0 Å². The van der Waals surface area contributed by atoms with E-state index in [0.717, 1.165) is 6.42 Å². The number of rotatable bonds is 2. The molecule has 1 nitrogen and oxygen atoms in total. The fourth-order valence-corrected chi connectivity index (χ4v) is 1.73. The monoisotopic (exact) mass is 197 g/mol. The van der Waals surface area contributed by atoms with Crippen molar-refractivity contribution in [3.05, 3.63) is 35.9 Å². The van der Waals surface area contributed by atoms with E-state index in [1.54, 1.807) is 0 Å². The molecule has 0 amide bonds. The van der Waals surface area contributed by atoms with Crippen LogP contribution in [0.1, 0.15) is 18.9 Å². The Hall–Kier alpha value is -0.530. The van der Waals surface area contributed by atoms with Gasteiger partial charge >= 0.3 is 0 Å². The Morgan fingerprint density at radius 2 is 1.92 bits per heavy atom. The molecule has 0 saturated heterocycles. The van der Waals surface area contributed by atoms with Gasteiger partial charge in [0.05, 0.1) is 0 Å². The minimum absolute atomic E-state index is 0. The van der Waals surface area contributed by atoms with E-state index in [4.69, 9.17) is 5.73 Å². The van der Waals surface area contributed by atoms with Crippen molar-refractivity contribution in [1.82, 2.24) is 0 Å². The van der Waals surface area contributed by atoms with Gasteiger partial charge in [-0.2, -0.15) is 0 Å². The average Bonchev–Trinajstić information content (AvgIpc) is 2.61. The Bertz CT molecular complexity index is 273. The SMILES string of the molecule is CC1CC1(N)Cc1ccccc1.Cl. The molecule has 0 aromatic heterocycles. The van der Waals surface area contributed by atoms with Crippen LogP contribution in [0.2, 0.25) is 0 Å². The fourth-order valence-electron chi connectivity index (χ4n) is 1.73. The van der Waals surface area contributed by atoms with Crippen LogP contribution in [0.4, 0.5) is 0 Å². The van der Waals surface area contributed by atoms with Gasteiger partial charge in [-0.25, -0.2) is 0 Å². The van der Waals surface area contributed by atoms with Crippen LogP contribution in [-0.4, -0.2) is 5.54 Å². The van der Waals surface area contributed by atoms with Crippen molar-refractivity contribution in [2.45, 2.75) is 25.3 Å². The molecule has 1 aliphatic rings. The first kappa shape index (κ1) is 10.6. The summed E-state index contributed by atoms with van der Waals surface area (Å²) >= 11 is 0. The molecule has 2 N–H and O–H groups in total. The zero-order chi connectivity index (χ0) is 8.60. The Morgan fingerprint density at radius 3 is 2.38 bits per heavy atom. The summed E-state index contributed by atoms with van der Waals surface area (Å²) in [7, 11) is 0. The predicted molar refractivity (Wildman–Crippen MR) is 58.1 cm³/mol. The van der Waals surface area contributed by atoms with E-state index in [0.29, 0.717) is 5.92 Å². The highest BCUT2D eigenvalue weighted by Gasteiger charge is 2.46. The smallest absolute Gasteiger partial charge is 0.0224 e. The first-order chi connectivity index (χ1) is 5.71. The molecular weight excluding hydrogens is 182 g/mol. The fraction of sp³-hybridized carbons (Fsp3) is 0.455. The summed E-state index contributed by atoms with van der Waals surface area (Å²) in [6.07, 6.45) is 2.22. The third-order valence-corrected chi connectivity index (χ3v) is 2.88. The van der Waals surface area contributed by atoms with Crippen molar-refractivity contribution in [3.8, 4) is 0 Å². The van der Waals surface area contributed by atoms with Gasteiger partial charge in [-0.15, -0.1) is 12.4 Å². The molecule has 0 heterocycles. The number of benzene rings is 1. The van der Waals surface area contributed by atoms with Crippen LogP contribution in [0, 0.1) is 5.92 Å². The van der Waals surface area contributed by atoms with E-state index >= 15 is 0 Å². The van der Waals surface area contributed by atoms with Crippen LogP contribution in [0.3, 0.4) is 0 Å². The molecule has 1 fully saturated rings. The number of nitrogens with two attached hydrogens (primary N) is 1. The van der Waals surface area contributed by atoms with Gasteiger partial charge in [0, 0.05) is 5.54 Å². The molecule has 0 bridgehead atoms. The van der Waals surface area contributed by atoms with Crippen molar-refractivity contribution in [1.29, 1.82) is 0 Å². The van der Waals surface area contributed by atoms with E-state index in [1.165, 1.54) is 12.0 Å². The van der Waals surface area contributed by atoms with Crippen molar-refractivity contribution >= 4 is 12.4 Å². The minimum Gasteiger partial charge on any atom is -0.325 e. The van der Waals surface area contributed by atoms with Crippen molar-refractivity contribution in [2.75, 3.05) is 0 Å². The Morgan fingerprint density at radius 1 is 1.38 bits per heavy atom. The Labute approximate surface area is 85.7 Å². The highest BCUT2D eigenvalue weighted by molar-refractivity contribution is 5.85. The molecule has 0 aliphatic heterocycles. The lowest BCUT2D eigenvalue weighted by Gasteiger charge is -2.09. The van der Waals surface area contributed by atoms with Crippen LogP contribution >= 0.6 is 12.4 Å². The van der Waals surface area contributed by atoms with E-state index in [1.807, 2.05) is 6.07 Å². The van der Waals surface area contributed by atoms with Crippen LogP contribution in [0.5, 0.6) is 0 Å². The molecule has 2 rings (SSSR count). The molecule has 2 unspecified atom stereocenters. The minimum atomic E-state index is 0. The molecule has 2 heteroatoms. The molecule has 13 heavy (non-hydrogen) atoms. The van der Waals surface area contributed by atoms with E-state index in [2.05, 4.69) is 31.2 Å². The second-order valence-electron chi connectivity index (χ2n) is 4.00. The zero-order valence-corrected chi connectivity index (χ0v) is 8.68. The molecule has 1 aliphatic carbocycles. The van der Waals surface area contributed by atoms with Crippen molar-refractivity contribution in [3.63, 3.8) is 0 Å². The molecule has 1 aromatic carbocycles. The first-order valence-corrected chi connectivity index (χ1v) is 4.53. The molecule has 1 saturated carbocycles. The van der Waals surface area contributed by atoms with Crippen LogP contribution in [0.15, 0.2) is 30.3 Å². The highest BCUT2D eigenvalue weighted by Crippen LogP contribution is 2.42. The van der Waals surface area contributed by atoms with E-state index in [-0.39, 0.29) is 17.9 Å². The summed E-state index contributed by atoms with van der Waals surface area (Å²) in [5, 5.41) is 0.